The number of aromatic amines is 1. The molecule has 1 unspecified atom stereocenters. The summed E-state index contributed by atoms with van der Waals surface area (Å²) in [7, 11) is 0. The molecule has 1 amide bonds. The molecule has 0 saturated carbocycles. The highest BCUT2D eigenvalue weighted by molar-refractivity contribution is 5.99. The Morgan fingerprint density at radius 2 is 2.29 bits per heavy atom. The average molecular weight is 282 g/mol. The molecule has 1 atom stereocenters. The maximum Gasteiger partial charge on any atom is 0.244 e. The second-order valence-electron chi connectivity index (χ2n) is 5.70. The standard InChI is InChI=1S/C16H18N4O/c21-16(14-2-1-7-17-14)20-9-6-12-10-11(3-4-15(12)20)13-5-8-18-19-13/h3-5,8,10,14,17H,1-2,6-7,9H2,(H,18,19). The topological polar surface area (TPSA) is 61.0 Å². The number of nitrogens with one attached hydrogen (secondary N) is 2. The fourth-order valence-electron chi connectivity index (χ4n) is 3.30. The summed E-state index contributed by atoms with van der Waals surface area (Å²) in [4.78, 5) is 14.5. The van der Waals surface area contributed by atoms with Crippen LogP contribution in [0.2, 0.25) is 0 Å². The number of hydrogen-bond acceptors (Lipinski definition) is 3. The second kappa shape index (κ2) is 5.00. The molecular formula is C16H18N4O. The maximum absolute atomic E-state index is 12.6. The molecule has 5 heteroatoms. The van der Waals surface area contributed by atoms with Gasteiger partial charge < -0.3 is 10.2 Å². The van der Waals surface area contributed by atoms with Crippen molar-refractivity contribution in [3.05, 3.63) is 36.0 Å². The molecule has 0 spiro atoms. The molecule has 2 aliphatic rings. The molecule has 2 aromatic rings. The van der Waals surface area contributed by atoms with Crippen molar-refractivity contribution in [2.75, 3.05) is 18.0 Å². The van der Waals surface area contributed by atoms with E-state index in [-0.39, 0.29) is 11.9 Å². The Labute approximate surface area is 123 Å². The normalized spacial score (nSPS) is 20.8. The van der Waals surface area contributed by atoms with Gasteiger partial charge in [0.05, 0.1) is 11.7 Å². The highest BCUT2D eigenvalue weighted by Gasteiger charge is 2.31. The molecule has 1 saturated heterocycles. The summed E-state index contributed by atoms with van der Waals surface area (Å²) >= 11 is 0. The fourth-order valence-corrected chi connectivity index (χ4v) is 3.30. The van der Waals surface area contributed by atoms with Crippen LogP contribution in [-0.4, -0.2) is 35.2 Å². The van der Waals surface area contributed by atoms with E-state index < -0.39 is 0 Å². The lowest BCUT2D eigenvalue weighted by Crippen LogP contribution is -2.42. The van der Waals surface area contributed by atoms with Crippen molar-refractivity contribution in [3.63, 3.8) is 0 Å². The Hall–Kier alpha value is -2.14. The lowest BCUT2D eigenvalue weighted by molar-refractivity contribution is -0.120. The Morgan fingerprint density at radius 3 is 3.05 bits per heavy atom. The molecule has 0 radical (unpaired) electrons. The molecular weight excluding hydrogens is 264 g/mol. The lowest BCUT2D eigenvalue weighted by atomic mass is 10.1. The molecule has 2 N–H and O–H groups in total. The van der Waals surface area contributed by atoms with E-state index in [0.717, 1.165) is 49.3 Å². The molecule has 108 valence electrons. The van der Waals surface area contributed by atoms with Crippen molar-refractivity contribution in [2.24, 2.45) is 0 Å². The third-order valence-electron chi connectivity index (χ3n) is 4.41. The van der Waals surface area contributed by atoms with Crippen LogP contribution in [0.3, 0.4) is 0 Å². The Kier molecular flexibility index (Phi) is 3.00. The lowest BCUT2D eigenvalue weighted by Gasteiger charge is -2.21. The summed E-state index contributed by atoms with van der Waals surface area (Å²) in [6.45, 7) is 1.74. The predicted octanol–water partition coefficient (Wildman–Crippen LogP) is 1.72. The van der Waals surface area contributed by atoms with Gasteiger partial charge in [0, 0.05) is 18.4 Å². The zero-order chi connectivity index (χ0) is 14.2. The SMILES string of the molecule is O=C(C1CCCN1)N1CCc2cc(-c3ccn[nH]3)ccc21. The third-order valence-corrected chi connectivity index (χ3v) is 4.41. The Bertz CT molecular complexity index is 659. The molecule has 21 heavy (non-hydrogen) atoms. The number of aromatic nitrogens is 2. The maximum atomic E-state index is 12.6. The van der Waals surface area contributed by atoms with Crippen molar-refractivity contribution >= 4 is 11.6 Å². The van der Waals surface area contributed by atoms with E-state index in [0.29, 0.717) is 0 Å². The second-order valence-corrected chi connectivity index (χ2v) is 5.70. The molecule has 5 nitrogen and oxygen atoms in total. The van der Waals surface area contributed by atoms with Crippen LogP contribution < -0.4 is 10.2 Å². The third kappa shape index (κ3) is 2.14. The number of carbonyl (C=O) groups excluding carboxylic acids is 1. The molecule has 4 rings (SSSR count). The fraction of sp³-hybridized carbons (Fsp3) is 0.375. The molecule has 1 aromatic carbocycles. The Balaban J connectivity index is 1.62. The number of H-pyrrole nitrogens is 1. The number of nitrogens with zero attached hydrogens (tertiary/aromatic N) is 2. The monoisotopic (exact) mass is 282 g/mol. The molecule has 1 fully saturated rings. The smallest absolute Gasteiger partial charge is 0.244 e. The highest BCUT2D eigenvalue weighted by Crippen LogP contribution is 2.32. The van der Waals surface area contributed by atoms with Gasteiger partial charge in [-0.15, -0.1) is 0 Å². The van der Waals surface area contributed by atoms with E-state index in [1.54, 1.807) is 6.20 Å². The van der Waals surface area contributed by atoms with Crippen molar-refractivity contribution in [3.8, 4) is 11.3 Å². The molecule has 2 aliphatic heterocycles. The van der Waals surface area contributed by atoms with E-state index in [2.05, 4.69) is 33.7 Å². The van der Waals surface area contributed by atoms with Crippen LogP contribution in [0, 0.1) is 0 Å². The minimum atomic E-state index is 0.00299. The van der Waals surface area contributed by atoms with Crippen molar-refractivity contribution in [1.29, 1.82) is 0 Å². The number of benzene rings is 1. The molecule has 1 aromatic heterocycles. The van der Waals surface area contributed by atoms with Gasteiger partial charge >= 0.3 is 0 Å². The Morgan fingerprint density at radius 1 is 1.33 bits per heavy atom. The zero-order valence-electron chi connectivity index (χ0n) is 11.8. The first kappa shape index (κ1) is 12.6. The van der Waals surface area contributed by atoms with Crippen molar-refractivity contribution < 1.29 is 4.79 Å². The number of hydrogen-bond donors (Lipinski definition) is 2. The number of rotatable bonds is 2. The van der Waals surface area contributed by atoms with Gasteiger partial charge in [0.2, 0.25) is 5.91 Å². The predicted molar refractivity (Wildman–Crippen MR) is 81.1 cm³/mol. The van der Waals surface area contributed by atoms with Crippen LogP contribution in [-0.2, 0) is 11.2 Å². The van der Waals surface area contributed by atoms with Crippen LogP contribution in [0.4, 0.5) is 5.69 Å². The first-order valence-electron chi connectivity index (χ1n) is 7.50. The average Bonchev–Trinajstić information content (AvgIpc) is 3.25. The molecule has 3 heterocycles. The van der Waals surface area contributed by atoms with Crippen LogP contribution in [0.5, 0.6) is 0 Å². The van der Waals surface area contributed by atoms with E-state index in [1.807, 2.05) is 11.0 Å². The van der Waals surface area contributed by atoms with Crippen molar-refractivity contribution in [1.82, 2.24) is 15.5 Å². The summed E-state index contributed by atoms with van der Waals surface area (Å²) in [5.74, 6) is 0.223. The molecule has 0 bridgehead atoms. The zero-order valence-corrected chi connectivity index (χ0v) is 11.8. The van der Waals surface area contributed by atoms with E-state index in [4.69, 9.17) is 0 Å². The molecule has 0 aliphatic carbocycles. The first-order valence-corrected chi connectivity index (χ1v) is 7.50. The highest BCUT2D eigenvalue weighted by atomic mass is 16.2. The van der Waals surface area contributed by atoms with Gasteiger partial charge in [-0.2, -0.15) is 5.10 Å². The van der Waals surface area contributed by atoms with Gasteiger partial charge in [-0.3, -0.25) is 9.89 Å². The minimum Gasteiger partial charge on any atom is -0.310 e. The quantitative estimate of drug-likeness (QED) is 0.881. The van der Waals surface area contributed by atoms with Gasteiger partial charge in [-0.05, 0) is 55.1 Å². The van der Waals surface area contributed by atoms with Gasteiger partial charge in [-0.1, -0.05) is 6.07 Å². The largest absolute Gasteiger partial charge is 0.310 e. The number of anilines is 1. The van der Waals surface area contributed by atoms with Crippen LogP contribution in [0.25, 0.3) is 11.3 Å². The van der Waals surface area contributed by atoms with Crippen LogP contribution >= 0.6 is 0 Å². The summed E-state index contributed by atoms with van der Waals surface area (Å²) in [5, 5.41) is 10.3. The van der Waals surface area contributed by atoms with Crippen LogP contribution in [0.15, 0.2) is 30.5 Å². The van der Waals surface area contributed by atoms with Gasteiger partial charge in [0.1, 0.15) is 0 Å². The minimum absolute atomic E-state index is 0.00299. The van der Waals surface area contributed by atoms with Gasteiger partial charge in [0.25, 0.3) is 0 Å². The van der Waals surface area contributed by atoms with E-state index in [1.165, 1.54) is 5.56 Å². The summed E-state index contributed by atoms with van der Waals surface area (Å²) < 4.78 is 0. The summed E-state index contributed by atoms with van der Waals surface area (Å²) in [5.41, 5.74) is 4.45. The van der Waals surface area contributed by atoms with Gasteiger partial charge in [0.15, 0.2) is 0 Å². The van der Waals surface area contributed by atoms with E-state index in [9.17, 15) is 4.79 Å². The van der Waals surface area contributed by atoms with Gasteiger partial charge in [-0.25, -0.2) is 0 Å². The van der Waals surface area contributed by atoms with Crippen molar-refractivity contribution in [2.45, 2.75) is 25.3 Å². The summed E-state index contributed by atoms with van der Waals surface area (Å²) in [6.07, 6.45) is 4.73. The van der Waals surface area contributed by atoms with E-state index >= 15 is 0 Å². The van der Waals surface area contributed by atoms with Crippen LogP contribution in [0.1, 0.15) is 18.4 Å². The summed E-state index contributed by atoms with van der Waals surface area (Å²) in [6, 6.07) is 8.24. The number of amides is 1. The number of fused-ring (bicyclic) bond motifs is 1. The first-order chi connectivity index (χ1) is 10.3. The number of carbonyl (C=O) groups is 1.